The molecular formula is C52H37N3O. The van der Waals surface area contributed by atoms with Gasteiger partial charge in [0, 0.05) is 44.4 Å². The summed E-state index contributed by atoms with van der Waals surface area (Å²) < 4.78 is 2.39. The lowest BCUT2D eigenvalue weighted by molar-refractivity contribution is 0.103. The molecule has 11 rings (SSSR count). The van der Waals surface area contributed by atoms with Gasteiger partial charge in [0.2, 0.25) is 0 Å². The van der Waals surface area contributed by atoms with E-state index in [2.05, 4.69) is 192 Å². The van der Waals surface area contributed by atoms with Crippen LogP contribution in [-0.4, -0.2) is 10.4 Å². The van der Waals surface area contributed by atoms with Gasteiger partial charge < -0.3 is 14.4 Å². The Kier molecular flexibility index (Phi) is 7.02. The van der Waals surface area contributed by atoms with Crippen molar-refractivity contribution in [3.05, 3.63) is 210 Å². The van der Waals surface area contributed by atoms with E-state index in [1.807, 2.05) is 24.3 Å². The molecule has 266 valence electrons. The lowest BCUT2D eigenvalue weighted by Crippen LogP contribution is -2.30. The summed E-state index contributed by atoms with van der Waals surface area (Å²) in [5.41, 5.74) is 15.5. The van der Waals surface area contributed by atoms with Crippen molar-refractivity contribution in [3.8, 4) is 16.8 Å². The Morgan fingerprint density at radius 2 is 0.893 bits per heavy atom. The molecule has 1 aliphatic carbocycles. The Labute approximate surface area is 326 Å². The molecule has 2 heterocycles. The van der Waals surface area contributed by atoms with E-state index >= 15 is 0 Å². The molecule has 0 bridgehead atoms. The number of anilines is 6. The van der Waals surface area contributed by atoms with Crippen LogP contribution in [0.1, 0.15) is 40.9 Å². The van der Waals surface area contributed by atoms with Crippen molar-refractivity contribution >= 4 is 61.7 Å². The Balaban J connectivity index is 1.13. The molecule has 0 amide bonds. The standard InChI is InChI=1S/C52H37N3O/c1-52(2)43-22-12-9-21-41(43)51(56)42-28-25-34(31-44(42)52)35-26-29-47-49(32-35)53(36-15-5-3-6-16-36)48-30-27-38(33-50(48)54(47)37-17-7-4-8-18-37)55-45-23-13-10-19-39(45)40-20-11-14-24-46(40)55/h3-33H,1-2H3. The molecular weight excluding hydrogens is 683 g/mol. The van der Waals surface area contributed by atoms with Gasteiger partial charge in [-0.2, -0.15) is 0 Å². The van der Waals surface area contributed by atoms with Gasteiger partial charge in [0.05, 0.1) is 33.8 Å². The molecule has 1 aromatic heterocycles. The minimum atomic E-state index is -0.322. The summed E-state index contributed by atoms with van der Waals surface area (Å²) in [5.74, 6) is 0.0950. The maximum absolute atomic E-state index is 13.7. The van der Waals surface area contributed by atoms with E-state index in [1.165, 1.54) is 21.8 Å². The van der Waals surface area contributed by atoms with Crippen molar-refractivity contribution in [2.75, 3.05) is 9.80 Å². The van der Waals surface area contributed by atoms with Crippen LogP contribution < -0.4 is 9.80 Å². The first kappa shape index (κ1) is 32.3. The first-order valence-electron chi connectivity index (χ1n) is 19.2. The van der Waals surface area contributed by atoms with Crippen molar-refractivity contribution in [1.82, 2.24) is 4.57 Å². The van der Waals surface area contributed by atoms with E-state index in [0.717, 1.165) is 73.2 Å². The van der Waals surface area contributed by atoms with Gasteiger partial charge in [-0.15, -0.1) is 0 Å². The van der Waals surface area contributed by atoms with Gasteiger partial charge in [0.25, 0.3) is 0 Å². The van der Waals surface area contributed by atoms with Gasteiger partial charge in [-0.3, -0.25) is 4.79 Å². The van der Waals surface area contributed by atoms with Crippen LogP contribution in [0.2, 0.25) is 0 Å². The lowest BCUT2D eigenvalue weighted by atomic mass is 9.68. The Morgan fingerprint density at radius 1 is 0.393 bits per heavy atom. The van der Waals surface area contributed by atoms with E-state index in [-0.39, 0.29) is 11.2 Å². The highest BCUT2D eigenvalue weighted by molar-refractivity contribution is 6.14. The number of fused-ring (bicyclic) bond motifs is 7. The van der Waals surface area contributed by atoms with Crippen molar-refractivity contribution in [1.29, 1.82) is 0 Å². The SMILES string of the molecule is CC1(C)c2ccccc2C(=O)c2ccc(-c3ccc4c(c3)N(c3ccccc3)c3ccc(-n5c6ccccc6c6ccccc65)cc3N4c3ccccc3)cc21. The zero-order valence-corrected chi connectivity index (χ0v) is 31.1. The molecule has 0 atom stereocenters. The maximum Gasteiger partial charge on any atom is 0.193 e. The summed E-state index contributed by atoms with van der Waals surface area (Å²) in [5, 5.41) is 2.48. The molecule has 0 unspecified atom stereocenters. The third kappa shape index (κ3) is 4.69. The smallest absolute Gasteiger partial charge is 0.193 e. The van der Waals surface area contributed by atoms with Crippen LogP contribution in [0.4, 0.5) is 34.1 Å². The van der Waals surface area contributed by atoms with Crippen LogP contribution in [-0.2, 0) is 5.41 Å². The second kappa shape index (κ2) is 12.2. The van der Waals surface area contributed by atoms with Crippen LogP contribution in [0.15, 0.2) is 188 Å². The molecule has 8 aromatic carbocycles. The van der Waals surface area contributed by atoms with E-state index in [1.54, 1.807) is 0 Å². The number of hydrogen-bond acceptors (Lipinski definition) is 3. The first-order valence-corrected chi connectivity index (χ1v) is 19.2. The molecule has 2 aliphatic rings. The largest absolute Gasteiger partial charge is 0.309 e. The van der Waals surface area contributed by atoms with Gasteiger partial charge in [0.1, 0.15) is 0 Å². The van der Waals surface area contributed by atoms with E-state index in [4.69, 9.17) is 0 Å². The number of benzene rings is 8. The Bertz CT molecular complexity index is 2980. The lowest BCUT2D eigenvalue weighted by Gasteiger charge is -2.41. The maximum atomic E-state index is 13.7. The second-order valence-corrected chi connectivity index (χ2v) is 15.3. The predicted molar refractivity (Wildman–Crippen MR) is 231 cm³/mol. The quantitative estimate of drug-likeness (QED) is 0.181. The van der Waals surface area contributed by atoms with Crippen LogP contribution in [0.3, 0.4) is 0 Å². The van der Waals surface area contributed by atoms with Crippen molar-refractivity contribution in [3.63, 3.8) is 0 Å². The van der Waals surface area contributed by atoms with Crippen molar-refractivity contribution in [2.24, 2.45) is 0 Å². The number of nitrogens with zero attached hydrogens (tertiary/aromatic N) is 3. The highest BCUT2D eigenvalue weighted by atomic mass is 16.1. The molecule has 56 heavy (non-hydrogen) atoms. The van der Waals surface area contributed by atoms with Crippen LogP contribution in [0.5, 0.6) is 0 Å². The fourth-order valence-corrected chi connectivity index (χ4v) is 9.22. The summed E-state index contributed by atoms with van der Waals surface area (Å²) in [6, 6.07) is 66.8. The van der Waals surface area contributed by atoms with Crippen molar-refractivity contribution < 1.29 is 4.79 Å². The van der Waals surface area contributed by atoms with Gasteiger partial charge >= 0.3 is 0 Å². The number of aromatic nitrogens is 1. The van der Waals surface area contributed by atoms with Gasteiger partial charge in [-0.1, -0.05) is 129 Å². The third-order valence-corrected chi connectivity index (χ3v) is 11.9. The average Bonchev–Trinajstić information content (AvgIpc) is 3.59. The van der Waals surface area contributed by atoms with Gasteiger partial charge in [-0.25, -0.2) is 0 Å². The molecule has 0 fully saturated rings. The fraction of sp³-hybridized carbons (Fsp3) is 0.0577. The molecule has 1 aliphatic heterocycles. The third-order valence-electron chi connectivity index (χ3n) is 11.9. The number of hydrogen-bond donors (Lipinski definition) is 0. The van der Waals surface area contributed by atoms with Crippen LogP contribution in [0, 0.1) is 0 Å². The number of carbonyl (C=O) groups excluding carboxylic acids is 1. The van der Waals surface area contributed by atoms with Gasteiger partial charge in [-0.05, 0) is 95.1 Å². The summed E-state index contributed by atoms with van der Waals surface area (Å²) in [7, 11) is 0. The van der Waals surface area contributed by atoms with E-state index in [0.29, 0.717) is 0 Å². The molecule has 0 N–H and O–H groups in total. The zero-order chi connectivity index (χ0) is 37.5. The molecule has 4 nitrogen and oxygen atoms in total. The normalized spacial score (nSPS) is 14.0. The molecule has 0 spiro atoms. The highest BCUT2D eigenvalue weighted by Gasteiger charge is 2.37. The van der Waals surface area contributed by atoms with Crippen LogP contribution >= 0.6 is 0 Å². The predicted octanol–water partition coefficient (Wildman–Crippen LogP) is 13.6. The second-order valence-electron chi connectivity index (χ2n) is 15.3. The summed E-state index contributed by atoms with van der Waals surface area (Å²) in [4.78, 5) is 18.5. The van der Waals surface area contributed by atoms with Gasteiger partial charge in [0.15, 0.2) is 5.78 Å². The van der Waals surface area contributed by atoms with Crippen molar-refractivity contribution in [2.45, 2.75) is 19.3 Å². The molecule has 0 saturated carbocycles. The first-order chi connectivity index (χ1) is 27.5. The van der Waals surface area contributed by atoms with Crippen LogP contribution in [0.25, 0.3) is 38.6 Å². The van der Waals surface area contributed by atoms with E-state index < -0.39 is 0 Å². The molecule has 0 saturated heterocycles. The molecule has 0 radical (unpaired) electrons. The zero-order valence-electron chi connectivity index (χ0n) is 31.1. The Morgan fingerprint density at radius 3 is 1.55 bits per heavy atom. The van der Waals surface area contributed by atoms with E-state index in [9.17, 15) is 4.79 Å². The minimum absolute atomic E-state index is 0.0950. The topological polar surface area (TPSA) is 28.5 Å². The summed E-state index contributed by atoms with van der Waals surface area (Å²) in [6.07, 6.45) is 0. The monoisotopic (exact) mass is 719 g/mol. The Hall–Kier alpha value is -7.17. The number of rotatable bonds is 4. The average molecular weight is 720 g/mol. The summed E-state index contributed by atoms with van der Waals surface area (Å²) in [6.45, 7) is 4.46. The number of para-hydroxylation sites is 4. The fourth-order valence-electron chi connectivity index (χ4n) is 9.22. The molecule has 4 heteroatoms. The highest BCUT2D eigenvalue weighted by Crippen LogP contribution is 2.56. The summed E-state index contributed by atoms with van der Waals surface area (Å²) >= 11 is 0. The minimum Gasteiger partial charge on any atom is -0.309 e. The number of ketones is 1. The molecule has 9 aromatic rings. The number of carbonyl (C=O) groups is 1.